The minimum absolute atomic E-state index is 0.146. The van der Waals surface area contributed by atoms with E-state index in [0.29, 0.717) is 0 Å². The maximum atomic E-state index is 9.91. The molecule has 0 spiro atoms. The summed E-state index contributed by atoms with van der Waals surface area (Å²) in [6, 6.07) is 6.00. The second kappa shape index (κ2) is 5.07. The summed E-state index contributed by atoms with van der Waals surface area (Å²) in [4.78, 5) is 0. The predicted molar refractivity (Wildman–Crippen MR) is 68.1 cm³/mol. The van der Waals surface area contributed by atoms with Crippen LogP contribution in [0.3, 0.4) is 0 Å². The van der Waals surface area contributed by atoms with Gasteiger partial charge >= 0.3 is 0 Å². The molecule has 1 aliphatic carbocycles. The standard InChI is InChI=1S/C13H18ClNO/c1-9-5-4-6-10(14)13(9)15-11-7-2-3-8-12(11)16/h4-6,11-12,15-16H,2-3,7-8H2,1H3/t11-,12-/m0/s1. The lowest BCUT2D eigenvalue weighted by molar-refractivity contribution is 0.116. The van der Waals surface area contributed by atoms with Gasteiger partial charge in [-0.25, -0.2) is 0 Å². The van der Waals surface area contributed by atoms with Gasteiger partial charge in [-0.1, -0.05) is 36.6 Å². The highest BCUT2D eigenvalue weighted by molar-refractivity contribution is 6.33. The van der Waals surface area contributed by atoms with Crippen molar-refractivity contribution in [2.24, 2.45) is 0 Å². The maximum Gasteiger partial charge on any atom is 0.0741 e. The van der Waals surface area contributed by atoms with Crippen LogP contribution in [0.5, 0.6) is 0 Å². The van der Waals surface area contributed by atoms with Gasteiger partial charge in [-0.05, 0) is 31.4 Å². The Labute approximate surface area is 102 Å². The van der Waals surface area contributed by atoms with Crippen molar-refractivity contribution < 1.29 is 5.11 Å². The Balaban J connectivity index is 2.13. The van der Waals surface area contributed by atoms with Crippen molar-refractivity contribution in [3.8, 4) is 0 Å². The van der Waals surface area contributed by atoms with Crippen molar-refractivity contribution in [1.82, 2.24) is 0 Å². The third-order valence-corrected chi connectivity index (χ3v) is 3.60. The summed E-state index contributed by atoms with van der Waals surface area (Å²) >= 11 is 6.15. The zero-order chi connectivity index (χ0) is 11.5. The van der Waals surface area contributed by atoms with E-state index >= 15 is 0 Å². The molecule has 2 nitrogen and oxygen atoms in total. The molecule has 1 aliphatic rings. The number of aliphatic hydroxyl groups excluding tert-OH is 1. The van der Waals surface area contributed by atoms with Gasteiger partial charge in [0.1, 0.15) is 0 Å². The maximum absolute atomic E-state index is 9.91. The smallest absolute Gasteiger partial charge is 0.0741 e. The number of halogens is 1. The molecule has 0 amide bonds. The molecular weight excluding hydrogens is 222 g/mol. The molecule has 0 saturated heterocycles. The first kappa shape index (κ1) is 11.7. The van der Waals surface area contributed by atoms with Crippen LogP contribution in [0.2, 0.25) is 5.02 Å². The number of aryl methyl sites for hydroxylation is 1. The second-order valence-corrected chi connectivity index (χ2v) is 4.94. The predicted octanol–water partition coefficient (Wildman–Crippen LogP) is 3.36. The first-order chi connectivity index (χ1) is 7.68. The van der Waals surface area contributed by atoms with Crippen LogP contribution in [0, 0.1) is 6.92 Å². The minimum Gasteiger partial charge on any atom is -0.391 e. The molecule has 2 N–H and O–H groups in total. The number of anilines is 1. The Morgan fingerprint density at radius 1 is 1.31 bits per heavy atom. The lowest BCUT2D eigenvalue weighted by Crippen LogP contribution is -2.36. The molecule has 0 aromatic heterocycles. The van der Waals surface area contributed by atoms with Crippen molar-refractivity contribution in [2.45, 2.75) is 44.8 Å². The summed E-state index contributed by atoms with van der Waals surface area (Å²) in [5.74, 6) is 0. The van der Waals surface area contributed by atoms with Gasteiger partial charge in [0, 0.05) is 0 Å². The van der Waals surface area contributed by atoms with Crippen LogP contribution in [0.4, 0.5) is 5.69 Å². The van der Waals surface area contributed by atoms with Gasteiger partial charge in [-0.2, -0.15) is 0 Å². The zero-order valence-corrected chi connectivity index (χ0v) is 10.3. The normalized spacial score (nSPS) is 25.4. The number of para-hydroxylation sites is 1. The third kappa shape index (κ3) is 2.50. The number of nitrogens with one attached hydrogen (secondary N) is 1. The van der Waals surface area contributed by atoms with E-state index in [9.17, 15) is 5.11 Å². The molecule has 1 aromatic rings. The fraction of sp³-hybridized carbons (Fsp3) is 0.538. The van der Waals surface area contributed by atoms with E-state index in [0.717, 1.165) is 35.5 Å². The van der Waals surface area contributed by atoms with Crippen LogP contribution >= 0.6 is 11.6 Å². The van der Waals surface area contributed by atoms with Crippen molar-refractivity contribution in [2.75, 3.05) is 5.32 Å². The average molecular weight is 240 g/mol. The molecule has 1 aromatic carbocycles. The summed E-state index contributed by atoms with van der Waals surface area (Å²) in [6.45, 7) is 2.03. The fourth-order valence-corrected chi connectivity index (χ4v) is 2.56. The molecule has 0 bridgehead atoms. The zero-order valence-electron chi connectivity index (χ0n) is 9.54. The summed E-state index contributed by atoms with van der Waals surface area (Å²) in [5.41, 5.74) is 2.10. The van der Waals surface area contributed by atoms with Crippen LogP contribution < -0.4 is 5.32 Å². The highest BCUT2D eigenvalue weighted by atomic mass is 35.5. The Morgan fingerprint density at radius 3 is 2.75 bits per heavy atom. The summed E-state index contributed by atoms with van der Waals surface area (Å²) in [5, 5.41) is 14.0. The quantitative estimate of drug-likeness (QED) is 0.830. The van der Waals surface area contributed by atoms with E-state index in [1.165, 1.54) is 6.42 Å². The van der Waals surface area contributed by atoms with Crippen LogP contribution in [-0.4, -0.2) is 17.3 Å². The van der Waals surface area contributed by atoms with Gasteiger partial charge in [0.15, 0.2) is 0 Å². The fourth-order valence-electron chi connectivity index (χ4n) is 2.28. The number of aliphatic hydroxyl groups is 1. The molecule has 0 radical (unpaired) electrons. The molecule has 0 unspecified atom stereocenters. The van der Waals surface area contributed by atoms with E-state index in [2.05, 4.69) is 5.32 Å². The van der Waals surface area contributed by atoms with Crippen molar-refractivity contribution >= 4 is 17.3 Å². The summed E-state index contributed by atoms with van der Waals surface area (Å²) in [7, 11) is 0. The van der Waals surface area contributed by atoms with Crippen LogP contribution in [0.25, 0.3) is 0 Å². The number of hydrogen-bond donors (Lipinski definition) is 2. The molecule has 2 rings (SSSR count). The Kier molecular flexibility index (Phi) is 3.72. The highest BCUT2D eigenvalue weighted by Gasteiger charge is 2.23. The Bertz CT molecular complexity index is 347. The summed E-state index contributed by atoms with van der Waals surface area (Å²) < 4.78 is 0. The average Bonchev–Trinajstić information content (AvgIpc) is 2.26. The van der Waals surface area contributed by atoms with Gasteiger partial charge in [0.25, 0.3) is 0 Å². The Morgan fingerprint density at radius 2 is 2.06 bits per heavy atom. The monoisotopic (exact) mass is 239 g/mol. The molecule has 88 valence electrons. The van der Waals surface area contributed by atoms with E-state index in [4.69, 9.17) is 11.6 Å². The minimum atomic E-state index is -0.246. The Hall–Kier alpha value is -0.730. The van der Waals surface area contributed by atoms with Crippen molar-refractivity contribution in [3.05, 3.63) is 28.8 Å². The third-order valence-electron chi connectivity index (χ3n) is 3.28. The molecule has 0 heterocycles. The van der Waals surface area contributed by atoms with E-state index in [-0.39, 0.29) is 12.1 Å². The second-order valence-electron chi connectivity index (χ2n) is 4.53. The van der Waals surface area contributed by atoms with Crippen LogP contribution in [-0.2, 0) is 0 Å². The van der Waals surface area contributed by atoms with Gasteiger partial charge in [-0.3, -0.25) is 0 Å². The van der Waals surface area contributed by atoms with Crippen LogP contribution in [0.15, 0.2) is 18.2 Å². The van der Waals surface area contributed by atoms with Crippen molar-refractivity contribution in [1.29, 1.82) is 0 Å². The molecule has 2 atom stereocenters. The van der Waals surface area contributed by atoms with E-state index in [1.807, 2.05) is 25.1 Å². The van der Waals surface area contributed by atoms with Gasteiger partial charge in [-0.15, -0.1) is 0 Å². The SMILES string of the molecule is Cc1cccc(Cl)c1N[C@H]1CCCC[C@@H]1O. The van der Waals surface area contributed by atoms with E-state index < -0.39 is 0 Å². The molecule has 0 aliphatic heterocycles. The highest BCUT2D eigenvalue weighted by Crippen LogP contribution is 2.29. The molecule has 16 heavy (non-hydrogen) atoms. The van der Waals surface area contributed by atoms with Gasteiger partial charge in [0.05, 0.1) is 22.9 Å². The molecule has 3 heteroatoms. The topological polar surface area (TPSA) is 32.3 Å². The van der Waals surface area contributed by atoms with Gasteiger partial charge in [0.2, 0.25) is 0 Å². The lowest BCUT2D eigenvalue weighted by Gasteiger charge is -2.30. The molecular formula is C13H18ClNO. The molecule has 1 saturated carbocycles. The van der Waals surface area contributed by atoms with Gasteiger partial charge < -0.3 is 10.4 Å². The number of hydrogen-bond acceptors (Lipinski definition) is 2. The van der Waals surface area contributed by atoms with Crippen molar-refractivity contribution in [3.63, 3.8) is 0 Å². The summed E-state index contributed by atoms with van der Waals surface area (Å²) in [6.07, 6.45) is 3.97. The molecule has 1 fully saturated rings. The lowest BCUT2D eigenvalue weighted by atomic mass is 9.92. The number of benzene rings is 1. The first-order valence-corrected chi connectivity index (χ1v) is 6.26. The van der Waals surface area contributed by atoms with E-state index in [1.54, 1.807) is 0 Å². The van der Waals surface area contributed by atoms with Crippen LogP contribution in [0.1, 0.15) is 31.2 Å². The first-order valence-electron chi connectivity index (χ1n) is 5.88. The largest absolute Gasteiger partial charge is 0.391 e. The number of rotatable bonds is 2.